The maximum Gasteiger partial charge on any atom is 0.237 e. The van der Waals surface area contributed by atoms with Crippen molar-refractivity contribution in [3.8, 4) is 0 Å². The highest BCUT2D eigenvalue weighted by atomic mass is 19.2. The molecule has 2 N–H and O–H groups in total. The average Bonchev–Trinajstić information content (AvgIpc) is 3.20. The van der Waals surface area contributed by atoms with E-state index in [1.54, 1.807) is 4.90 Å². The number of piperazine rings is 1. The van der Waals surface area contributed by atoms with Gasteiger partial charge in [-0.3, -0.25) is 14.5 Å². The molecule has 6 nitrogen and oxygen atoms in total. The van der Waals surface area contributed by atoms with Crippen LogP contribution in [0.15, 0.2) is 54.7 Å². The minimum absolute atomic E-state index is 0.0325. The third kappa shape index (κ3) is 4.96. The zero-order chi connectivity index (χ0) is 22.5. The molecule has 0 saturated carbocycles. The highest BCUT2D eigenvalue weighted by Crippen LogP contribution is 2.18. The number of carbonyl (C=O) groups excluding carboxylic acids is 2. The summed E-state index contributed by atoms with van der Waals surface area (Å²) in [5.41, 5.74) is 1.32. The first kappa shape index (κ1) is 22.0. The fourth-order valence-electron chi connectivity index (χ4n) is 4.12. The summed E-state index contributed by atoms with van der Waals surface area (Å²) in [6, 6.07) is 13.4. The summed E-state index contributed by atoms with van der Waals surface area (Å²) in [5, 5.41) is 6.80. The van der Waals surface area contributed by atoms with Crippen molar-refractivity contribution in [2.24, 2.45) is 0 Å². The third-order valence-corrected chi connectivity index (χ3v) is 5.80. The number of nitrogens with zero attached hydrogens (tertiary/aromatic N) is 2. The molecule has 1 atom stereocenters. The van der Waals surface area contributed by atoms with Crippen molar-refractivity contribution >= 4 is 22.7 Å². The van der Waals surface area contributed by atoms with Crippen molar-refractivity contribution < 1.29 is 18.4 Å². The van der Waals surface area contributed by atoms with Gasteiger partial charge >= 0.3 is 0 Å². The fourth-order valence-corrected chi connectivity index (χ4v) is 4.12. The highest BCUT2D eigenvalue weighted by Gasteiger charge is 2.32. The van der Waals surface area contributed by atoms with Crippen molar-refractivity contribution in [3.05, 3.63) is 71.9 Å². The lowest BCUT2D eigenvalue weighted by molar-refractivity contribution is -0.134. The molecule has 1 aliphatic heterocycles. The SMILES string of the molecule is O=C(CC1C(=O)NCCN1Cc1cccc(F)c1F)NCCCn1ccc2ccccc21. The van der Waals surface area contributed by atoms with Crippen LogP contribution in [0.1, 0.15) is 18.4 Å². The van der Waals surface area contributed by atoms with Gasteiger partial charge in [0.2, 0.25) is 11.8 Å². The minimum Gasteiger partial charge on any atom is -0.356 e. The first-order chi connectivity index (χ1) is 15.5. The Morgan fingerprint density at radius 1 is 1.12 bits per heavy atom. The normalized spacial score (nSPS) is 16.8. The molecule has 0 aliphatic carbocycles. The molecule has 0 spiro atoms. The Morgan fingerprint density at radius 3 is 2.84 bits per heavy atom. The number of aryl methyl sites for hydroxylation is 1. The smallest absolute Gasteiger partial charge is 0.237 e. The fraction of sp³-hybridized carbons (Fsp3) is 0.333. The van der Waals surface area contributed by atoms with Gasteiger partial charge in [-0.1, -0.05) is 30.3 Å². The summed E-state index contributed by atoms with van der Waals surface area (Å²) >= 11 is 0. The number of hydrogen-bond acceptors (Lipinski definition) is 3. The standard InChI is InChI=1S/C24H26F2N4O2/c25-19-7-3-6-18(23(19)26)16-30-14-11-28-24(32)21(30)15-22(31)27-10-4-12-29-13-9-17-5-1-2-8-20(17)29/h1-3,5-9,13,21H,4,10-12,14-16H2,(H,27,31)(H,28,32). The van der Waals surface area contributed by atoms with E-state index in [-0.39, 0.29) is 30.3 Å². The molecule has 0 bridgehead atoms. The summed E-state index contributed by atoms with van der Waals surface area (Å²) in [6.07, 6.45) is 2.75. The van der Waals surface area contributed by atoms with Crippen LogP contribution in [-0.4, -0.2) is 47.0 Å². The number of rotatable bonds is 8. The molecule has 1 unspecified atom stereocenters. The van der Waals surface area contributed by atoms with E-state index in [0.717, 1.165) is 24.5 Å². The molecule has 1 aromatic heterocycles. The van der Waals surface area contributed by atoms with Crippen LogP contribution in [0.4, 0.5) is 8.78 Å². The topological polar surface area (TPSA) is 66.4 Å². The van der Waals surface area contributed by atoms with Gasteiger partial charge in [-0.2, -0.15) is 0 Å². The number of aromatic nitrogens is 1. The van der Waals surface area contributed by atoms with Crippen LogP contribution in [0.25, 0.3) is 10.9 Å². The second kappa shape index (κ2) is 9.91. The number of carbonyl (C=O) groups is 2. The van der Waals surface area contributed by atoms with Gasteiger partial charge in [-0.05, 0) is 30.0 Å². The lowest BCUT2D eigenvalue weighted by Gasteiger charge is -2.34. The summed E-state index contributed by atoms with van der Waals surface area (Å²) < 4.78 is 29.8. The number of nitrogens with one attached hydrogen (secondary N) is 2. The molecular weight excluding hydrogens is 414 g/mol. The molecule has 3 aromatic rings. The van der Waals surface area contributed by atoms with Crippen LogP contribution in [0.3, 0.4) is 0 Å². The van der Waals surface area contributed by atoms with Crippen LogP contribution in [-0.2, 0) is 22.7 Å². The molecule has 4 rings (SSSR count). The molecule has 1 fully saturated rings. The molecule has 0 radical (unpaired) electrons. The van der Waals surface area contributed by atoms with Crippen LogP contribution in [0.5, 0.6) is 0 Å². The van der Waals surface area contributed by atoms with Crippen molar-refractivity contribution in [2.45, 2.75) is 32.0 Å². The maximum atomic E-state index is 14.1. The van der Waals surface area contributed by atoms with Gasteiger partial charge in [-0.15, -0.1) is 0 Å². The van der Waals surface area contributed by atoms with Crippen molar-refractivity contribution in [1.29, 1.82) is 0 Å². The Labute approximate surface area is 185 Å². The van der Waals surface area contributed by atoms with Gasteiger partial charge in [0.1, 0.15) is 0 Å². The Balaban J connectivity index is 1.30. The van der Waals surface area contributed by atoms with Crippen molar-refractivity contribution in [2.75, 3.05) is 19.6 Å². The lowest BCUT2D eigenvalue weighted by atomic mass is 10.1. The van der Waals surface area contributed by atoms with Crippen LogP contribution in [0, 0.1) is 11.6 Å². The molecule has 2 amide bonds. The first-order valence-corrected chi connectivity index (χ1v) is 10.8. The molecule has 8 heteroatoms. The summed E-state index contributed by atoms with van der Waals surface area (Å²) in [6.45, 7) is 2.18. The van der Waals surface area contributed by atoms with E-state index in [9.17, 15) is 18.4 Å². The van der Waals surface area contributed by atoms with Crippen molar-refractivity contribution in [3.63, 3.8) is 0 Å². The summed E-state index contributed by atoms with van der Waals surface area (Å²) in [7, 11) is 0. The Morgan fingerprint density at radius 2 is 1.97 bits per heavy atom. The van der Waals surface area contributed by atoms with Gasteiger partial charge in [0.25, 0.3) is 0 Å². The number of hydrogen-bond donors (Lipinski definition) is 2. The van der Waals surface area contributed by atoms with E-state index in [4.69, 9.17) is 0 Å². The van der Waals surface area contributed by atoms with E-state index in [2.05, 4.69) is 33.4 Å². The van der Waals surface area contributed by atoms with Crippen LogP contribution in [0.2, 0.25) is 0 Å². The number of fused-ring (bicyclic) bond motifs is 1. The monoisotopic (exact) mass is 440 g/mol. The molecular formula is C24H26F2N4O2. The molecule has 1 saturated heterocycles. The van der Waals surface area contributed by atoms with Crippen molar-refractivity contribution in [1.82, 2.24) is 20.1 Å². The summed E-state index contributed by atoms with van der Waals surface area (Å²) in [4.78, 5) is 26.6. The predicted octanol–water partition coefficient (Wildman–Crippen LogP) is 2.82. The number of halogens is 2. The van der Waals surface area contributed by atoms with Gasteiger partial charge in [0, 0.05) is 50.0 Å². The number of para-hydroxylation sites is 1. The van der Waals surface area contributed by atoms with Gasteiger partial charge in [0.05, 0.1) is 12.5 Å². The highest BCUT2D eigenvalue weighted by molar-refractivity contribution is 5.88. The Bertz CT molecular complexity index is 1110. The average molecular weight is 440 g/mol. The third-order valence-electron chi connectivity index (χ3n) is 5.80. The van der Waals surface area contributed by atoms with E-state index < -0.39 is 17.7 Å². The Kier molecular flexibility index (Phi) is 6.80. The van der Waals surface area contributed by atoms with E-state index in [1.165, 1.54) is 17.5 Å². The number of benzene rings is 2. The van der Waals surface area contributed by atoms with Gasteiger partial charge < -0.3 is 15.2 Å². The Hall–Kier alpha value is -3.26. The second-order valence-corrected chi connectivity index (χ2v) is 7.97. The zero-order valence-corrected chi connectivity index (χ0v) is 17.7. The predicted molar refractivity (Wildman–Crippen MR) is 118 cm³/mol. The number of amides is 2. The van der Waals surface area contributed by atoms with E-state index in [0.29, 0.717) is 19.6 Å². The molecule has 32 heavy (non-hydrogen) atoms. The molecule has 2 heterocycles. The van der Waals surface area contributed by atoms with Gasteiger partial charge in [0.15, 0.2) is 11.6 Å². The maximum absolute atomic E-state index is 14.1. The van der Waals surface area contributed by atoms with Crippen LogP contribution < -0.4 is 10.6 Å². The van der Waals surface area contributed by atoms with E-state index in [1.807, 2.05) is 18.3 Å². The quantitative estimate of drug-likeness (QED) is 0.530. The first-order valence-electron chi connectivity index (χ1n) is 10.8. The molecule has 168 valence electrons. The van der Waals surface area contributed by atoms with E-state index >= 15 is 0 Å². The zero-order valence-electron chi connectivity index (χ0n) is 17.7. The largest absolute Gasteiger partial charge is 0.356 e. The van der Waals surface area contributed by atoms with Gasteiger partial charge in [-0.25, -0.2) is 8.78 Å². The second-order valence-electron chi connectivity index (χ2n) is 7.97. The van der Waals surface area contributed by atoms with Crippen LogP contribution >= 0.6 is 0 Å². The molecule has 2 aromatic carbocycles. The summed E-state index contributed by atoms with van der Waals surface area (Å²) in [5.74, 6) is -2.36. The molecule has 1 aliphatic rings. The lowest BCUT2D eigenvalue weighted by Crippen LogP contribution is -2.56. The minimum atomic E-state index is -0.922.